The normalized spacial score (nSPS) is 16.6. The van der Waals surface area contributed by atoms with Crippen LogP contribution >= 0.6 is 24.0 Å². The van der Waals surface area contributed by atoms with Crippen LogP contribution in [0.4, 0.5) is 0 Å². The van der Waals surface area contributed by atoms with Gasteiger partial charge in [-0.3, -0.25) is 14.7 Å². The van der Waals surface area contributed by atoms with Crippen LogP contribution in [0.3, 0.4) is 0 Å². The average Bonchev–Trinajstić information content (AvgIpc) is 2.52. The summed E-state index contributed by atoms with van der Waals surface area (Å²) in [6, 6.07) is 0. The summed E-state index contributed by atoms with van der Waals surface area (Å²) in [5.41, 5.74) is -0.490. The molecule has 6 nitrogen and oxygen atoms in total. The first-order valence-electron chi connectivity index (χ1n) is 9.34. The third-order valence-corrected chi connectivity index (χ3v) is 4.21. The third-order valence-electron chi connectivity index (χ3n) is 4.21. The van der Waals surface area contributed by atoms with Crippen LogP contribution in [0.1, 0.15) is 41.5 Å². The maximum Gasteiger partial charge on any atom is 0.227 e. The number of hydrogen-bond acceptors (Lipinski definition) is 3. The highest BCUT2D eigenvalue weighted by atomic mass is 127. The van der Waals surface area contributed by atoms with Crippen LogP contribution in [0.5, 0.6) is 0 Å². The van der Waals surface area contributed by atoms with Gasteiger partial charge in [0.05, 0.1) is 12.0 Å². The maximum atomic E-state index is 12.1. The molecule has 0 unspecified atom stereocenters. The Morgan fingerprint density at radius 1 is 1.08 bits per heavy atom. The Kier molecular flexibility index (Phi) is 11.7. The van der Waals surface area contributed by atoms with E-state index in [0.717, 1.165) is 45.2 Å². The number of hydrogen-bond donors (Lipinski definition) is 2. The van der Waals surface area contributed by atoms with E-state index in [1.807, 2.05) is 20.8 Å². The summed E-state index contributed by atoms with van der Waals surface area (Å²) in [4.78, 5) is 21.7. The van der Waals surface area contributed by atoms with E-state index < -0.39 is 5.41 Å². The summed E-state index contributed by atoms with van der Waals surface area (Å²) in [5.74, 6) is 1.70. The zero-order valence-electron chi connectivity index (χ0n) is 16.9. The van der Waals surface area contributed by atoms with Crippen molar-refractivity contribution in [1.29, 1.82) is 0 Å². The van der Waals surface area contributed by atoms with E-state index in [9.17, 15) is 4.79 Å². The summed E-state index contributed by atoms with van der Waals surface area (Å²) in [6.07, 6.45) is 0. The van der Waals surface area contributed by atoms with E-state index >= 15 is 0 Å². The van der Waals surface area contributed by atoms with E-state index in [2.05, 4.69) is 41.2 Å². The van der Waals surface area contributed by atoms with Crippen molar-refractivity contribution in [3.63, 3.8) is 0 Å². The van der Waals surface area contributed by atoms with Crippen LogP contribution in [-0.2, 0) is 4.79 Å². The van der Waals surface area contributed by atoms with Crippen molar-refractivity contribution in [3.8, 4) is 0 Å². The molecule has 1 aliphatic rings. The molecule has 0 aliphatic carbocycles. The van der Waals surface area contributed by atoms with Gasteiger partial charge in [-0.15, -0.1) is 24.0 Å². The Balaban J connectivity index is 0.00000576. The molecule has 2 N–H and O–H groups in total. The van der Waals surface area contributed by atoms with Gasteiger partial charge in [-0.25, -0.2) is 0 Å². The van der Waals surface area contributed by atoms with Gasteiger partial charge in [0.1, 0.15) is 0 Å². The standard InChI is InChI=1S/C18H37N5O.HI/c1-7-19-16(24)18(5,6)14-21-17(20-8-2)23-11-9-22(10-12-23)13-15(3)4;/h15H,7-14H2,1-6H3,(H,19,24)(H,20,21);1H. The number of amides is 1. The Morgan fingerprint density at radius 2 is 1.64 bits per heavy atom. The summed E-state index contributed by atoms with van der Waals surface area (Å²) < 4.78 is 0. The van der Waals surface area contributed by atoms with Gasteiger partial charge >= 0.3 is 0 Å². The maximum absolute atomic E-state index is 12.1. The van der Waals surface area contributed by atoms with Gasteiger partial charge in [-0.1, -0.05) is 13.8 Å². The fourth-order valence-corrected chi connectivity index (χ4v) is 2.83. The predicted molar refractivity (Wildman–Crippen MR) is 117 cm³/mol. The lowest BCUT2D eigenvalue weighted by Gasteiger charge is -2.37. The largest absolute Gasteiger partial charge is 0.357 e. The molecule has 0 aromatic heterocycles. The number of aliphatic imine (C=N–C) groups is 1. The molecule has 1 heterocycles. The van der Waals surface area contributed by atoms with Gasteiger partial charge in [0.25, 0.3) is 0 Å². The van der Waals surface area contributed by atoms with Crippen LogP contribution in [0.25, 0.3) is 0 Å². The topological polar surface area (TPSA) is 60.0 Å². The molecule has 1 fully saturated rings. The minimum atomic E-state index is -0.490. The average molecular weight is 467 g/mol. The van der Waals surface area contributed by atoms with Gasteiger partial charge in [0, 0.05) is 45.8 Å². The van der Waals surface area contributed by atoms with Crippen LogP contribution in [0.15, 0.2) is 4.99 Å². The molecule has 0 bridgehead atoms. The molecule has 1 aliphatic heterocycles. The van der Waals surface area contributed by atoms with E-state index in [0.29, 0.717) is 19.0 Å². The molecule has 0 aromatic carbocycles. The van der Waals surface area contributed by atoms with E-state index in [-0.39, 0.29) is 29.9 Å². The molecule has 0 aromatic rings. The Morgan fingerprint density at radius 3 is 2.12 bits per heavy atom. The van der Waals surface area contributed by atoms with Crippen molar-refractivity contribution in [3.05, 3.63) is 0 Å². The second kappa shape index (κ2) is 11.9. The van der Waals surface area contributed by atoms with Gasteiger partial charge in [0.2, 0.25) is 5.91 Å². The highest BCUT2D eigenvalue weighted by Gasteiger charge is 2.28. The lowest BCUT2D eigenvalue weighted by Crippen LogP contribution is -2.53. The SMILES string of the molecule is CCNC(=O)C(C)(C)CN=C(NCC)N1CCN(CC(C)C)CC1.I. The molecule has 0 atom stereocenters. The number of piperazine rings is 1. The van der Waals surface area contributed by atoms with Crippen LogP contribution in [-0.4, -0.2) is 74.0 Å². The van der Waals surface area contributed by atoms with E-state index in [4.69, 9.17) is 4.99 Å². The van der Waals surface area contributed by atoms with Crippen LogP contribution in [0, 0.1) is 11.3 Å². The summed E-state index contributed by atoms with van der Waals surface area (Å²) >= 11 is 0. The zero-order chi connectivity index (χ0) is 18.2. The molecular weight excluding hydrogens is 429 g/mol. The minimum Gasteiger partial charge on any atom is -0.357 e. The zero-order valence-corrected chi connectivity index (χ0v) is 19.2. The van der Waals surface area contributed by atoms with Crippen molar-refractivity contribution in [2.24, 2.45) is 16.3 Å². The van der Waals surface area contributed by atoms with Gasteiger partial charge < -0.3 is 15.5 Å². The molecule has 0 saturated carbocycles. The van der Waals surface area contributed by atoms with Crippen molar-refractivity contribution in [2.45, 2.75) is 41.5 Å². The quantitative estimate of drug-likeness (QED) is 0.342. The van der Waals surface area contributed by atoms with Crippen molar-refractivity contribution in [1.82, 2.24) is 20.4 Å². The molecule has 1 rings (SSSR count). The van der Waals surface area contributed by atoms with Crippen LogP contribution < -0.4 is 10.6 Å². The molecule has 1 amide bonds. The van der Waals surface area contributed by atoms with Gasteiger partial charge in [0.15, 0.2) is 5.96 Å². The smallest absolute Gasteiger partial charge is 0.227 e. The molecule has 148 valence electrons. The lowest BCUT2D eigenvalue weighted by atomic mass is 9.92. The molecule has 0 spiro atoms. The van der Waals surface area contributed by atoms with Crippen LogP contribution in [0.2, 0.25) is 0 Å². The van der Waals surface area contributed by atoms with E-state index in [1.54, 1.807) is 0 Å². The number of rotatable bonds is 7. The molecule has 7 heteroatoms. The van der Waals surface area contributed by atoms with Gasteiger partial charge in [-0.2, -0.15) is 0 Å². The molecular formula is C18H38IN5O. The second-order valence-corrected chi connectivity index (χ2v) is 7.60. The number of nitrogens with zero attached hydrogens (tertiary/aromatic N) is 3. The first-order valence-corrected chi connectivity index (χ1v) is 9.34. The molecule has 0 radical (unpaired) electrons. The summed E-state index contributed by atoms with van der Waals surface area (Å²) in [6.45, 7) is 19.7. The fourth-order valence-electron chi connectivity index (χ4n) is 2.83. The highest BCUT2D eigenvalue weighted by molar-refractivity contribution is 14.0. The number of nitrogens with one attached hydrogen (secondary N) is 2. The number of guanidine groups is 1. The summed E-state index contributed by atoms with van der Waals surface area (Å²) in [7, 11) is 0. The first kappa shape index (κ1) is 24.4. The highest BCUT2D eigenvalue weighted by Crippen LogP contribution is 2.16. The molecule has 25 heavy (non-hydrogen) atoms. The van der Waals surface area contributed by atoms with Crippen molar-refractivity contribution in [2.75, 3.05) is 52.4 Å². The number of carbonyl (C=O) groups is 1. The predicted octanol–water partition coefficient (Wildman–Crippen LogP) is 2.01. The second-order valence-electron chi connectivity index (χ2n) is 7.60. The summed E-state index contributed by atoms with van der Waals surface area (Å²) in [5, 5.41) is 6.27. The third kappa shape index (κ3) is 8.57. The fraction of sp³-hybridized carbons (Fsp3) is 0.889. The Hall–Kier alpha value is -0.570. The Bertz CT molecular complexity index is 418. The van der Waals surface area contributed by atoms with Crippen molar-refractivity contribution >= 4 is 35.8 Å². The lowest BCUT2D eigenvalue weighted by molar-refractivity contribution is -0.128. The van der Waals surface area contributed by atoms with Crippen molar-refractivity contribution < 1.29 is 4.79 Å². The van der Waals surface area contributed by atoms with E-state index in [1.165, 1.54) is 0 Å². The van der Waals surface area contributed by atoms with Gasteiger partial charge in [-0.05, 0) is 33.6 Å². The first-order chi connectivity index (χ1) is 11.3. The Labute approximate surface area is 171 Å². The number of halogens is 1. The number of carbonyl (C=O) groups excluding carboxylic acids is 1. The monoisotopic (exact) mass is 467 g/mol. The molecule has 1 saturated heterocycles. The minimum absolute atomic E-state index is 0.